The zero-order chi connectivity index (χ0) is 12.3. The lowest BCUT2D eigenvalue weighted by atomic mass is 9.86. The van der Waals surface area contributed by atoms with Crippen molar-refractivity contribution in [2.45, 2.75) is 32.1 Å². The molecule has 1 N–H and O–H groups in total. The molecule has 4 heteroatoms. The molecular formula is C13H24N2O2. The van der Waals surface area contributed by atoms with Crippen LogP contribution in [-0.4, -0.2) is 38.2 Å². The van der Waals surface area contributed by atoms with Crippen molar-refractivity contribution in [3.63, 3.8) is 0 Å². The molecule has 2 aliphatic rings. The largest absolute Gasteiger partial charge is 0.355 e. The minimum atomic E-state index is 0.215. The zero-order valence-corrected chi connectivity index (χ0v) is 10.9. The number of carbonyl (C=O) groups is 1. The summed E-state index contributed by atoms with van der Waals surface area (Å²) in [5.74, 6) is 2.64. The first-order valence-corrected chi connectivity index (χ1v) is 6.71. The molecule has 0 aromatic carbocycles. The molecule has 4 nitrogen and oxygen atoms in total. The fourth-order valence-electron chi connectivity index (χ4n) is 3.38. The number of fused-ring (bicyclic) bond motifs is 2. The average molecular weight is 240 g/mol. The van der Waals surface area contributed by atoms with Crippen molar-refractivity contribution in [2.24, 2.45) is 17.8 Å². The maximum Gasteiger partial charge on any atom is 0.220 e. The minimum absolute atomic E-state index is 0.215. The monoisotopic (exact) mass is 240 g/mol. The maximum absolute atomic E-state index is 11.8. The third-order valence-electron chi connectivity index (χ3n) is 4.39. The van der Waals surface area contributed by atoms with Crippen LogP contribution in [0.4, 0.5) is 0 Å². The highest BCUT2D eigenvalue weighted by atomic mass is 16.7. The molecule has 17 heavy (non-hydrogen) atoms. The molecule has 0 radical (unpaired) electrons. The van der Waals surface area contributed by atoms with E-state index in [-0.39, 0.29) is 5.91 Å². The smallest absolute Gasteiger partial charge is 0.220 e. The number of likely N-dealkylation sites (N-methyl/N-ethyl adjacent to an activating group) is 1. The van der Waals surface area contributed by atoms with Gasteiger partial charge in [0.2, 0.25) is 5.91 Å². The Bertz CT molecular complexity index is 270. The number of hydroxylamine groups is 2. The highest BCUT2D eigenvalue weighted by Gasteiger charge is 2.39. The van der Waals surface area contributed by atoms with Crippen molar-refractivity contribution in [1.29, 1.82) is 0 Å². The number of amides is 1. The summed E-state index contributed by atoms with van der Waals surface area (Å²) in [5, 5.41) is 4.69. The Balaban J connectivity index is 1.61. The van der Waals surface area contributed by atoms with Gasteiger partial charge in [-0.1, -0.05) is 6.42 Å². The fourth-order valence-corrected chi connectivity index (χ4v) is 3.38. The molecule has 2 bridgehead atoms. The van der Waals surface area contributed by atoms with Crippen LogP contribution in [-0.2, 0) is 9.63 Å². The Hall–Kier alpha value is -0.610. The van der Waals surface area contributed by atoms with Gasteiger partial charge < -0.3 is 10.2 Å². The standard InChI is InChI=1S/C13H24N2O2/c1-15(17-2)6-5-14-13(16)9-12-8-10-3-4-11(12)7-10/h10-12H,3-9H2,1-2H3,(H,14,16). The van der Waals surface area contributed by atoms with Crippen molar-refractivity contribution >= 4 is 5.91 Å². The molecule has 1 amide bonds. The molecule has 0 saturated heterocycles. The number of nitrogens with zero attached hydrogens (tertiary/aromatic N) is 1. The first-order chi connectivity index (χ1) is 8.19. The van der Waals surface area contributed by atoms with Gasteiger partial charge in [-0.3, -0.25) is 4.79 Å². The first kappa shape index (κ1) is 12.8. The fraction of sp³-hybridized carbons (Fsp3) is 0.923. The van der Waals surface area contributed by atoms with Crippen molar-refractivity contribution in [3.05, 3.63) is 0 Å². The second kappa shape index (κ2) is 5.83. The van der Waals surface area contributed by atoms with E-state index in [1.54, 1.807) is 12.2 Å². The van der Waals surface area contributed by atoms with E-state index in [1.165, 1.54) is 25.7 Å². The van der Waals surface area contributed by atoms with Gasteiger partial charge in [-0.15, -0.1) is 0 Å². The minimum Gasteiger partial charge on any atom is -0.355 e. The summed E-state index contributed by atoms with van der Waals surface area (Å²) < 4.78 is 0. The van der Waals surface area contributed by atoms with E-state index in [2.05, 4.69) is 5.32 Å². The predicted octanol–water partition coefficient (Wildman–Crippen LogP) is 1.42. The van der Waals surface area contributed by atoms with Gasteiger partial charge >= 0.3 is 0 Å². The molecule has 2 saturated carbocycles. The average Bonchev–Trinajstić information content (AvgIpc) is 2.90. The SMILES string of the molecule is CON(C)CCNC(=O)CC1CC2CCC1C2. The van der Waals surface area contributed by atoms with Crippen LogP contribution in [0, 0.1) is 17.8 Å². The summed E-state index contributed by atoms with van der Waals surface area (Å²) in [6.45, 7) is 1.41. The van der Waals surface area contributed by atoms with Crippen LogP contribution >= 0.6 is 0 Å². The second-order valence-corrected chi connectivity index (χ2v) is 5.52. The van der Waals surface area contributed by atoms with Gasteiger partial charge in [0.15, 0.2) is 0 Å². The molecular weight excluding hydrogens is 216 g/mol. The highest BCUT2D eigenvalue weighted by Crippen LogP contribution is 2.49. The van der Waals surface area contributed by atoms with E-state index in [4.69, 9.17) is 4.84 Å². The van der Waals surface area contributed by atoms with Crippen molar-refractivity contribution in [2.75, 3.05) is 27.2 Å². The van der Waals surface area contributed by atoms with E-state index < -0.39 is 0 Å². The summed E-state index contributed by atoms with van der Waals surface area (Å²) in [6.07, 6.45) is 6.16. The summed E-state index contributed by atoms with van der Waals surface area (Å²) >= 11 is 0. The third kappa shape index (κ3) is 3.42. The van der Waals surface area contributed by atoms with E-state index in [0.717, 1.165) is 24.8 Å². The maximum atomic E-state index is 11.8. The molecule has 2 fully saturated rings. The van der Waals surface area contributed by atoms with Crippen LogP contribution in [0.15, 0.2) is 0 Å². The number of carbonyl (C=O) groups excluding carboxylic acids is 1. The Morgan fingerprint density at radius 1 is 1.41 bits per heavy atom. The summed E-state index contributed by atoms with van der Waals surface area (Å²) in [6, 6.07) is 0. The van der Waals surface area contributed by atoms with Crippen LogP contribution in [0.2, 0.25) is 0 Å². The quantitative estimate of drug-likeness (QED) is 0.714. The van der Waals surface area contributed by atoms with Gasteiger partial charge in [-0.2, -0.15) is 5.06 Å². The van der Waals surface area contributed by atoms with Crippen LogP contribution in [0.25, 0.3) is 0 Å². The van der Waals surface area contributed by atoms with Crippen molar-refractivity contribution in [3.8, 4) is 0 Å². The lowest BCUT2D eigenvalue weighted by Gasteiger charge is -2.21. The normalized spacial score (nSPS) is 31.1. The summed E-state index contributed by atoms with van der Waals surface area (Å²) in [7, 11) is 3.50. The molecule has 3 unspecified atom stereocenters. The number of rotatable bonds is 6. The van der Waals surface area contributed by atoms with Crippen LogP contribution < -0.4 is 5.32 Å². The molecule has 2 aliphatic carbocycles. The van der Waals surface area contributed by atoms with Crippen LogP contribution in [0.5, 0.6) is 0 Å². The topological polar surface area (TPSA) is 41.6 Å². The van der Waals surface area contributed by atoms with Gasteiger partial charge in [-0.25, -0.2) is 0 Å². The first-order valence-electron chi connectivity index (χ1n) is 6.71. The Kier molecular flexibility index (Phi) is 4.40. The Morgan fingerprint density at radius 3 is 2.82 bits per heavy atom. The van der Waals surface area contributed by atoms with Gasteiger partial charge in [0.25, 0.3) is 0 Å². The summed E-state index contributed by atoms with van der Waals surface area (Å²) in [4.78, 5) is 16.8. The highest BCUT2D eigenvalue weighted by molar-refractivity contribution is 5.76. The number of nitrogens with one attached hydrogen (secondary N) is 1. The number of hydrogen-bond donors (Lipinski definition) is 1. The van der Waals surface area contributed by atoms with E-state index in [0.29, 0.717) is 12.5 Å². The van der Waals surface area contributed by atoms with Gasteiger partial charge in [0, 0.05) is 26.6 Å². The number of hydrogen-bond acceptors (Lipinski definition) is 3. The van der Waals surface area contributed by atoms with Gasteiger partial charge in [0.05, 0.1) is 7.11 Å². The Morgan fingerprint density at radius 2 is 2.24 bits per heavy atom. The molecule has 0 aromatic rings. The lowest BCUT2D eigenvalue weighted by Crippen LogP contribution is -2.33. The molecule has 0 spiro atoms. The molecule has 0 aromatic heterocycles. The summed E-state index contributed by atoms with van der Waals surface area (Å²) in [5.41, 5.74) is 0. The van der Waals surface area contributed by atoms with Crippen molar-refractivity contribution in [1.82, 2.24) is 10.4 Å². The van der Waals surface area contributed by atoms with Gasteiger partial charge in [-0.05, 0) is 37.0 Å². The Labute approximate surface area is 104 Å². The molecule has 98 valence electrons. The van der Waals surface area contributed by atoms with Crippen LogP contribution in [0.1, 0.15) is 32.1 Å². The van der Waals surface area contributed by atoms with Crippen molar-refractivity contribution < 1.29 is 9.63 Å². The molecule has 3 atom stereocenters. The van der Waals surface area contributed by atoms with E-state index in [1.807, 2.05) is 7.05 Å². The van der Waals surface area contributed by atoms with E-state index in [9.17, 15) is 4.79 Å². The lowest BCUT2D eigenvalue weighted by molar-refractivity contribution is -0.124. The third-order valence-corrected chi connectivity index (χ3v) is 4.39. The molecule has 0 heterocycles. The van der Waals surface area contributed by atoms with Gasteiger partial charge in [0.1, 0.15) is 0 Å². The van der Waals surface area contributed by atoms with Crippen LogP contribution in [0.3, 0.4) is 0 Å². The predicted molar refractivity (Wildman–Crippen MR) is 66.2 cm³/mol. The zero-order valence-electron chi connectivity index (χ0n) is 10.9. The van der Waals surface area contributed by atoms with E-state index >= 15 is 0 Å². The molecule has 0 aliphatic heterocycles. The second-order valence-electron chi connectivity index (χ2n) is 5.52. The molecule has 2 rings (SSSR count).